The number of thioether (sulfide) groups is 2. The van der Waals surface area contributed by atoms with Crippen molar-refractivity contribution < 1.29 is 0 Å². The van der Waals surface area contributed by atoms with Gasteiger partial charge in [0.2, 0.25) is 0 Å². The van der Waals surface area contributed by atoms with Crippen LogP contribution in [0.15, 0.2) is 23.5 Å². The Morgan fingerprint density at radius 2 is 1.75 bits per heavy atom. The van der Waals surface area contributed by atoms with Gasteiger partial charge in [-0.2, -0.15) is 0 Å². The third-order valence-corrected chi connectivity index (χ3v) is 2.92. The Labute approximate surface area is 80.1 Å². The largest absolute Gasteiger partial charge is 0.225 e. The second kappa shape index (κ2) is 6.02. The van der Waals surface area contributed by atoms with E-state index in [1.165, 1.54) is 17.7 Å². The predicted octanol–water partition coefficient (Wildman–Crippen LogP) is 2.08. The van der Waals surface area contributed by atoms with E-state index >= 15 is 0 Å². The van der Waals surface area contributed by atoms with Crippen molar-refractivity contribution in [3.8, 4) is 0 Å². The lowest BCUT2D eigenvalue weighted by molar-refractivity contribution is 0.974. The number of nitrogens with zero attached hydrogens (tertiary/aromatic N) is 3. The van der Waals surface area contributed by atoms with Crippen molar-refractivity contribution in [3.05, 3.63) is 29.3 Å². The molecule has 2 heterocycles. The number of hydrogen-bond acceptors (Lipinski definition) is 5. The molecule has 1 aliphatic rings. The molecule has 5 heteroatoms. The van der Waals surface area contributed by atoms with Crippen molar-refractivity contribution in [2.45, 2.75) is 6.92 Å². The van der Waals surface area contributed by atoms with Crippen molar-refractivity contribution in [3.63, 3.8) is 0 Å². The highest BCUT2D eigenvalue weighted by Crippen LogP contribution is 2.22. The van der Waals surface area contributed by atoms with Crippen molar-refractivity contribution in [1.82, 2.24) is 15.0 Å². The summed E-state index contributed by atoms with van der Waals surface area (Å²) >= 11 is 3.71. The summed E-state index contributed by atoms with van der Waals surface area (Å²) in [5.74, 6) is 0.759. The van der Waals surface area contributed by atoms with Crippen LogP contribution in [0.2, 0.25) is 0 Å². The maximum absolute atomic E-state index is 3.76. The van der Waals surface area contributed by atoms with Crippen molar-refractivity contribution in [2.75, 3.05) is 5.08 Å². The maximum Gasteiger partial charge on any atom is 0.128 e. The van der Waals surface area contributed by atoms with E-state index in [0.29, 0.717) is 0 Å². The summed E-state index contributed by atoms with van der Waals surface area (Å²) in [6.07, 6.45) is 2.95. The zero-order chi connectivity index (χ0) is 8.65. The molecule has 12 heavy (non-hydrogen) atoms. The summed E-state index contributed by atoms with van der Waals surface area (Å²) in [5.41, 5.74) is 0. The van der Waals surface area contributed by atoms with Gasteiger partial charge in [0.1, 0.15) is 18.5 Å². The highest BCUT2D eigenvalue weighted by molar-refractivity contribution is 8.21. The standard InChI is InChI=1S/C4H5N3.C3H4S2/c1-4-6-2-5-3-7-4;1-2-5-3-4-1/h2-3H,1H3;1-2H,3H2. The first-order valence-corrected chi connectivity index (χ1v) is 5.46. The third kappa shape index (κ3) is 4.35. The first kappa shape index (κ1) is 9.54. The minimum Gasteiger partial charge on any atom is -0.225 e. The van der Waals surface area contributed by atoms with Gasteiger partial charge in [0.25, 0.3) is 0 Å². The van der Waals surface area contributed by atoms with E-state index in [-0.39, 0.29) is 0 Å². The zero-order valence-corrected chi connectivity index (χ0v) is 8.31. The van der Waals surface area contributed by atoms with Crippen molar-refractivity contribution in [1.29, 1.82) is 0 Å². The van der Waals surface area contributed by atoms with Crippen LogP contribution < -0.4 is 0 Å². The van der Waals surface area contributed by atoms with Gasteiger partial charge in [0.05, 0.1) is 0 Å². The molecule has 2 rings (SSSR count). The fourth-order valence-corrected chi connectivity index (χ4v) is 2.06. The van der Waals surface area contributed by atoms with Crippen molar-refractivity contribution >= 4 is 23.5 Å². The van der Waals surface area contributed by atoms with Gasteiger partial charge in [-0.05, 0) is 17.7 Å². The second-order valence-corrected chi connectivity index (χ2v) is 4.06. The molecular weight excluding hydrogens is 190 g/mol. The summed E-state index contributed by atoms with van der Waals surface area (Å²) < 4.78 is 0. The van der Waals surface area contributed by atoms with Crippen LogP contribution in [0, 0.1) is 6.92 Å². The monoisotopic (exact) mass is 199 g/mol. The van der Waals surface area contributed by atoms with Gasteiger partial charge >= 0.3 is 0 Å². The molecule has 1 aliphatic heterocycles. The normalized spacial score (nSPS) is 13.8. The quantitative estimate of drug-likeness (QED) is 0.639. The molecule has 0 amide bonds. The minimum atomic E-state index is 0.759. The second-order valence-electron chi connectivity index (χ2n) is 1.91. The van der Waals surface area contributed by atoms with Crippen LogP contribution >= 0.6 is 23.5 Å². The van der Waals surface area contributed by atoms with Crippen LogP contribution in [-0.4, -0.2) is 20.0 Å². The molecule has 0 atom stereocenters. The highest BCUT2D eigenvalue weighted by Gasteiger charge is 1.85. The van der Waals surface area contributed by atoms with Crippen LogP contribution in [-0.2, 0) is 0 Å². The summed E-state index contributed by atoms with van der Waals surface area (Å²) in [6.45, 7) is 1.82. The Morgan fingerprint density at radius 1 is 1.17 bits per heavy atom. The smallest absolute Gasteiger partial charge is 0.128 e. The highest BCUT2D eigenvalue weighted by atomic mass is 32.2. The molecule has 0 N–H and O–H groups in total. The minimum absolute atomic E-state index is 0.759. The molecule has 3 nitrogen and oxygen atoms in total. The van der Waals surface area contributed by atoms with Crippen molar-refractivity contribution in [2.24, 2.45) is 0 Å². The molecule has 0 aromatic carbocycles. The molecule has 0 bridgehead atoms. The fourth-order valence-electron chi connectivity index (χ4n) is 0.493. The average molecular weight is 199 g/mol. The van der Waals surface area contributed by atoms with E-state index in [1.54, 1.807) is 0 Å². The molecule has 0 fully saturated rings. The molecule has 0 aliphatic carbocycles. The van der Waals surface area contributed by atoms with Gasteiger partial charge in [-0.15, -0.1) is 23.5 Å². The Bertz CT molecular complexity index is 232. The average Bonchev–Trinajstić information content (AvgIpc) is 2.62. The van der Waals surface area contributed by atoms with Gasteiger partial charge in [-0.1, -0.05) is 0 Å². The van der Waals surface area contributed by atoms with Gasteiger partial charge < -0.3 is 0 Å². The first-order valence-electron chi connectivity index (χ1n) is 3.36. The van der Waals surface area contributed by atoms with Gasteiger partial charge in [0, 0.05) is 5.08 Å². The molecule has 64 valence electrons. The first-order chi connectivity index (χ1) is 5.89. The van der Waals surface area contributed by atoms with Crippen LogP contribution in [0.25, 0.3) is 0 Å². The van der Waals surface area contributed by atoms with E-state index in [1.807, 2.05) is 30.4 Å². The molecule has 0 unspecified atom stereocenters. The lowest BCUT2D eigenvalue weighted by atomic mass is 10.7. The topological polar surface area (TPSA) is 38.7 Å². The molecule has 0 spiro atoms. The fraction of sp³-hybridized carbons (Fsp3) is 0.286. The number of aryl methyl sites for hydroxylation is 1. The molecule has 0 radical (unpaired) electrons. The lowest BCUT2D eigenvalue weighted by Gasteiger charge is -1.80. The Balaban J connectivity index is 0.000000127. The Morgan fingerprint density at radius 3 is 2.00 bits per heavy atom. The van der Waals surface area contributed by atoms with Crippen LogP contribution in [0.5, 0.6) is 0 Å². The van der Waals surface area contributed by atoms with E-state index in [2.05, 4.69) is 25.8 Å². The number of rotatable bonds is 0. The summed E-state index contributed by atoms with van der Waals surface area (Å²) in [6, 6.07) is 0. The maximum atomic E-state index is 3.76. The zero-order valence-electron chi connectivity index (χ0n) is 6.67. The summed E-state index contributed by atoms with van der Waals surface area (Å²) in [4.78, 5) is 11.1. The Kier molecular flexibility index (Phi) is 4.79. The summed E-state index contributed by atoms with van der Waals surface area (Å²) in [5, 5.41) is 5.45. The van der Waals surface area contributed by atoms with Crippen LogP contribution in [0.3, 0.4) is 0 Å². The van der Waals surface area contributed by atoms with E-state index in [0.717, 1.165) is 5.82 Å². The Hall–Kier alpha value is -0.550. The van der Waals surface area contributed by atoms with Gasteiger partial charge in [-0.25, -0.2) is 15.0 Å². The number of aromatic nitrogens is 3. The SMILES string of the molecule is C1=CSCS1.Cc1ncncn1. The van der Waals surface area contributed by atoms with Gasteiger partial charge in [-0.3, -0.25) is 0 Å². The molecule has 0 saturated heterocycles. The van der Waals surface area contributed by atoms with Crippen LogP contribution in [0.4, 0.5) is 0 Å². The third-order valence-electron chi connectivity index (χ3n) is 1.01. The number of hydrogen-bond donors (Lipinski definition) is 0. The van der Waals surface area contributed by atoms with Crippen LogP contribution in [0.1, 0.15) is 5.82 Å². The molecular formula is C7H9N3S2. The van der Waals surface area contributed by atoms with E-state index < -0.39 is 0 Å². The van der Waals surface area contributed by atoms with E-state index in [9.17, 15) is 0 Å². The lowest BCUT2D eigenvalue weighted by Crippen LogP contribution is -1.84. The molecule has 0 saturated carbocycles. The summed E-state index contributed by atoms with van der Waals surface area (Å²) in [7, 11) is 0. The predicted molar refractivity (Wildman–Crippen MR) is 53.8 cm³/mol. The van der Waals surface area contributed by atoms with Gasteiger partial charge in [0.15, 0.2) is 0 Å². The van der Waals surface area contributed by atoms with E-state index in [4.69, 9.17) is 0 Å². The molecule has 1 aromatic rings. The molecule has 1 aromatic heterocycles.